The minimum absolute atomic E-state index is 0.163. The van der Waals surface area contributed by atoms with Crippen LogP contribution in [0.25, 0.3) is 33.4 Å². The number of benzene rings is 2. The molecular formula is C25H26N4O2. The van der Waals surface area contributed by atoms with Crippen LogP contribution in [-0.4, -0.2) is 53.6 Å². The molecule has 31 heavy (non-hydrogen) atoms. The van der Waals surface area contributed by atoms with E-state index in [0.29, 0.717) is 12.1 Å². The fraction of sp³-hybridized carbons (Fsp3) is 0.240. The van der Waals surface area contributed by atoms with Gasteiger partial charge in [0.15, 0.2) is 11.4 Å². The highest BCUT2D eigenvalue weighted by Gasteiger charge is 2.14. The zero-order chi connectivity index (χ0) is 21.8. The SMILES string of the molecule is COc1ccccc1-c1[nH]nc2ncc(-c3cccc(C(=O)CCCN(C)C)c3)cc12. The van der Waals surface area contributed by atoms with Crippen molar-refractivity contribution in [1.29, 1.82) is 0 Å². The molecule has 4 aromatic rings. The van der Waals surface area contributed by atoms with E-state index in [1.165, 1.54) is 0 Å². The number of rotatable bonds is 8. The van der Waals surface area contributed by atoms with Crippen LogP contribution >= 0.6 is 0 Å². The van der Waals surface area contributed by atoms with Crippen LogP contribution in [-0.2, 0) is 0 Å². The number of aromatic amines is 1. The normalized spacial score (nSPS) is 11.2. The van der Waals surface area contributed by atoms with Crippen LogP contribution in [0.15, 0.2) is 60.8 Å². The van der Waals surface area contributed by atoms with Crippen molar-refractivity contribution < 1.29 is 9.53 Å². The zero-order valence-electron chi connectivity index (χ0n) is 18.1. The molecule has 0 bridgehead atoms. The molecule has 6 nitrogen and oxygen atoms in total. The van der Waals surface area contributed by atoms with E-state index in [1.54, 1.807) is 13.3 Å². The predicted molar refractivity (Wildman–Crippen MR) is 123 cm³/mol. The van der Waals surface area contributed by atoms with E-state index in [1.807, 2.05) is 62.6 Å². The number of methoxy groups -OCH3 is 1. The molecule has 0 amide bonds. The van der Waals surface area contributed by atoms with Crippen molar-refractivity contribution in [2.24, 2.45) is 0 Å². The lowest BCUT2D eigenvalue weighted by molar-refractivity contribution is 0.0977. The maximum Gasteiger partial charge on any atom is 0.181 e. The van der Waals surface area contributed by atoms with Crippen LogP contribution in [0.4, 0.5) is 0 Å². The van der Waals surface area contributed by atoms with Gasteiger partial charge in [-0.05, 0) is 56.9 Å². The summed E-state index contributed by atoms with van der Waals surface area (Å²) >= 11 is 0. The van der Waals surface area contributed by atoms with Crippen molar-refractivity contribution in [1.82, 2.24) is 20.1 Å². The Hall–Kier alpha value is -3.51. The monoisotopic (exact) mass is 414 g/mol. The molecule has 0 saturated carbocycles. The van der Waals surface area contributed by atoms with Gasteiger partial charge in [-0.3, -0.25) is 9.89 Å². The van der Waals surface area contributed by atoms with Crippen molar-refractivity contribution >= 4 is 16.8 Å². The van der Waals surface area contributed by atoms with Gasteiger partial charge in [0.25, 0.3) is 0 Å². The molecule has 0 unspecified atom stereocenters. The number of fused-ring (bicyclic) bond motifs is 1. The largest absolute Gasteiger partial charge is 0.496 e. The molecule has 0 spiro atoms. The summed E-state index contributed by atoms with van der Waals surface area (Å²) in [6, 6.07) is 17.6. The topological polar surface area (TPSA) is 71.1 Å². The van der Waals surface area contributed by atoms with Gasteiger partial charge in [0.05, 0.1) is 12.8 Å². The van der Waals surface area contributed by atoms with Gasteiger partial charge in [0.2, 0.25) is 0 Å². The molecule has 158 valence electrons. The van der Waals surface area contributed by atoms with Crippen LogP contribution in [0.3, 0.4) is 0 Å². The Morgan fingerprint density at radius 2 is 1.90 bits per heavy atom. The van der Waals surface area contributed by atoms with Gasteiger partial charge in [0, 0.05) is 34.7 Å². The average molecular weight is 415 g/mol. The summed E-state index contributed by atoms with van der Waals surface area (Å²) in [6.45, 7) is 0.901. The highest BCUT2D eigenvalue weighted by Crippen LogP contribution is 2.34. The molecule has 2 heterocycles. The number of aromatic nitrogens is 3. The fourth-order valence-electron chi connectivity index (χ4n) is 3.69. The Morgan fingerprint density at radius 3 is 2.71 bits per heavy atom. The van der Waals surface area contributed by atoms with Crippen molar-refractivity contribution in [3.05, 3.63) is 66.4 Å². The Morgan fingerprint density at radius 1 is 1.06 bits per heavy atom. The third-order valence-electron chi connectivity index (χ3n) is 5.31. The number of hydrogen-bond acceptors (Lipinski definition) is 5. The van der Waals surface area contributed by atoms with Gasteiger partial charge in [-0.15, -0.1) is 0 Å². The summed E-state index contributed by atoms with van der Waals surface area (Å²) in [5.74, 6) is 0.930. The molecule has 0 atom stereocenters. The molecule has 0 aliphatic heterocycles. The van der Waals surface area contributed by atoms with Crippen molar-refractivity contribution in [2.75, 3.05) is 27.7 Å². The third-order valence-corrected chi connectivity index (χ3v) is 5.31. The molecule has 0 radical (unpaired) electrons. The second kappa shape index (κ2) is 9.10. The first-order valence-corrected chi connectivity index (χ1v) is 10.3. The number of carbonyl (C=O) groups excluding carboxylic acids is 1. The summed E-state index contributed by atoms with van der Waals surface area (Å²) < 4.78 is 5.51. The molecule has 6 heteroatoms. The molecule has 4 rings (SSSR count). The van der Waals surface area contributed by atoms with E-state index >= 15 is 0 Å². The Bertz CT molecular complexity index is 1210. The summed E-state index contributed by atoms with van der Waals surface area (Å²) in [5, 5.41) is 8.35. The smallest absolute Gasteiger partial charge is 0.181 e. The number of para-hydroxylation sites is 1. The van der Waals surface area contributed by atoms with Gasteiger partial charge in [-0.25, -0.2) is 4.98 Å². The number of nitrogens with zero attached hydrogens (tertiary/aromatic N) is 3. The van der Waals surface area contributed by atoms with Gasteiger partial charge in [-0.1, -0.05) is 30.3 Å². The van der Waals surface area contributed by atoms with E-state index in [4.69, 9.17) is 4.74 Å². The number of ether oxygens (including phenoxy) is 1. The summed E-state index contributed by atoms with van der Waals surface area (Å²) in [5.41, 5.74) is 5.05. The minimum atomic E-state index is 0.163. The first-order valence-electron chi connectivity index (χ1n) is 10.3. The molecule has 0 saturated heterocycles. The van der Waals surface area contributed by atoms with E-state index in [2.05, 4.69) is 26.1 Å². The van der Waals surface area contributed by atoms with Crippen LogP contribution in [0.2, 0.25) is 0 Å². The predicted octanol–water partition coefficient (Wildman–Crippen LogP) is 4.83. The van der Waals surface area contributed by atoms with Crippen molar-refractivity contribution in [3.8, 4) is 28.1 Å². The first-order chi connectivity index (χ1) is 15.1. The molecule has 2 aromatic heterocycles. The van der Waals surface area contributed by atoms with Gasteiger partial charge >= 0.3 is 0 Å². The second-order valence-electron chi connectivity index (χ2n) is 7.80. The van der Waals surface area contributed by atoms with E-state index in [0.717, 1.165) is 52.0 Å². The lowest BCUT2D eigenvalue weighted by Gasteiger charge is -2.09. The maximum absolute atomic E-state index is 12.6. The third kappa shape index (κ3) is 4.49. The number of hydrogen-bond donors (Lipinski definition) is 1. The highest BCUT2D eigenvalue weighted by atomic mass is 16.5. The number of nitrogens with one attached hydrogen (secondary N) is 1. The van der Waals surface area contributed by atoms with Crippen molar-refractivity contribution in [3.63, 3.8) is 0 Å². The number of carbonyl (C=O) groups is 1. The Balaban J connectivity index is 1.67. The second-order valence-corrected chi connectivity index (χ2v) is 7.80. The average Bonchev–Trinajstić information content (AvgIpc) is 3.22. The highest BCUT2D eigenvalue weighted by molar-refractivity contribution is 5.98. The van der Waals surface area contributed by atoms with Crippen LogP contribution < -0.4 is 4.74 Å². The Kier molecular flexibility index (Phi) is 6.09. The standard InChI is InChI=1S/C25H26N4O2/c1-29(2)13-7-11-22(30)18-9-6-8-17(14-18)19-15-21-24(27-28-25(21)26-16-19)20-10-4-5-12-23(20)31-3/h4-6,8-10,12,14-16H,7,11,13H2,1-3H3,(H,26,27,28). The molecule has 0 aliphatic carbocycles. The molecule has 2 aromatic carbocycles. The van der Waals surface area contributed by atoms with Gasteiger partial charge in [-0.2, -0.15) is 5.10 Å². The minimum Gasteiger partial charge on any atom is -0.496 e. The first kappa shape index (κ1) is 20.8. The van der Waals surface area contributed by atoms with E-state index < -0.39 is 0 Å². The lowest BCUT2D eigenvalue weighted by Crippen LogP contribution is -2.14. The molecule has 0 aliphatic rings. The quantitative estimate of drug-likeness (QED) is 0.418. The van der Waals surface area contributed by atoms with Crippen LogP contribution in [0.1, 0.15) is 23.2 Å². The van der Waals surface area contributed by atoms with Gasteiger partial charge in [0.1, 0.15) is 5.75 Å². The van der Waals surface area contributed by atoms with Crippen molar-refractivity contribution in [2.45, 2.75) is 12.8 Å². The molecule has 0 fully saturated rings. The zero-order valence-corrected chi connectivity index (χ0v) is 18.1. The number of H-pyrrole nitrogens is 1. The van der Waals surface area contributed by atoms with Gasteiger partial charge < -0.3 is 9.64 Å². The number of Topliss-reactive ketones (excluding diaryl/α,β-unsaturated/α-hetero) is 1. The number of ketones is 1. The maximum atomic E-state index is 12.6. The van der Waals surface area contributed by atoms with Crippen LogP contribution in [0.5, 0.6) is 5.75 Å². The summed E-state index contributed by atoms with van der Waals surface area (Å²) in [4.78, 5) is 19.2. The summed E-state index contributed by atoms with van der Waals surface area (Å²) in [6.07, 6.45) is 3.18. The van der Waals surface area contributed by atoms with Crippen LogP contribution in [0, 0.1) is 0 Å². The lowest BCUT2D eigenvalue weighted by atomic mass is 9.99. The summed E-state index contributed by atoms with van der Waals surface area (Å²) in [7, 11) is 5.69. The Labute approximate surface area is 181 Å². The van der Waals surface area contributed by atoms with E-state index in [-0.39, 0.29) is 5.78 Å². The molecular weight excluding hydrogens is 388 g/mol. The number of pyridine rings is 1. The van der Waals surface area contributed by atoms with E-state index in [9.17, 15) is 4.79 Å². The fourth-order valence-corrected chi connectivity index (χ4v) is 3.69. The molecule has 1 N–H and O–H groups in total.